The monoisotopic (exact) mass is 388 g/mol. The molecule has 2 fully saturated rings. The summed E-state index contributed by atoms with van der Waals surface area (Å²) < 4.78 is 2.73. The highest BCUT2D eigenvalue weighted by Crippen LogP contribution is 2.20. The molecule has 0 bridgehead atoms. The van der Waals surface area contributed by atoms with Gasteiger partial charge in [0.2, 0.25) is 0 Å². The molecule has 158 valence electrons. The number of quaternary nitrogens is 2. The molecule has 0 saturated carbocycles. The molecule has 0 spiro atoms. The van der Waals surface area contributed by atoms with Crippen molar-refractivity contribution >= 4 is 11.9 Å². The number of carbonyl (C=O) groups excluding carboxylic acids is 2. The minimum Gasteiger partial charge on any atom is -0.547 e. The van der Waals surface area contributed by atoms with Crippen molar-refractivity contribution in [2.75, 3.05) is 53.4 Å². The van der Waals surface area contributed by atoms with Gasteiger partial charge in [0.15, 0.2) is 0 Å². The van der Waals surface area contributed by atoms with Gasteiger partial charge in [-0.2, -0.15) is 0 Å². The Kier molecular flexibility index (Phi) is 9.66. The Labute approximate surface area is 162 Å². The number of aliphatic hydroxyl groups is 2. The first-order valence-electron chi connectivity index (χ1n) is 10.0. The Hall–Kier alpha value is -1.22. The normalized spacial score (nSPS) is 22.5. The van der Waals surface area contributed by atoms with Gasteiger partial charge in [0.1, 0.15) is 12.2 Å². The highest BCUT2D eigenvalue weighted by Gasteiger charge is 2.27. The summed E-state index contributed by atoms with van der Waals surface area (Å²) in [6, 6.07) is 0. The Morgan fingerprint density at radius 1 is 0.741 bits per heavy atom. The third-order valence-corrected chi connectivity index (χ3v) is 5.97. The topological polar surface area (TPSA) is 121 Å². The van der Waals surface area contributed by atoms with E-state index in [2.05, 4.69) is 14.1 Å². The molecule has 2 aliphatic rings. The number of carbonyl (C=O) groups is 2. The van der Waals surface area contributed by atoms with E-state index in [0.29, 0.717) is 0 Å². The summed E-state index contributed by atoms with van der Waals surface area (Å²) in [5.74, 6) is -4.12. The Bertz CT molecular complexity index is 431. The number of nitrogens with zero attached hydrogens (tertiary/aromatic N) is 2. The van der Waals surface area contributed by atoms with Gasteiger partial charge in [-0.25, -0.2) is 0 Å². The van der Waals surface area contributed by atoms with Crippen LogP contribution in [0.1, 0.15) is 44.9 Å². The maximum Gasteiger partial charge on any atom is 0.124 e. The maximum absolute atomic E-state index is 9.63. The maximum atomic E-state index is 9.63. The standard InChI is InChI=1S/C15H32N2.C4H6O6/c1-16(12-6-7-13-16)10-4-3-5-11-17(2)14-8-9-15-17;5-1(3(7)8)2(6)4(9)10/h3-15H2,1-2H3;1-2,5-6H,(H,7,8)(H,9,10)/q+2;/p-2. The second kappa shape index (κ2) is 10.9. The average molecular weight is 389 g/mol. The lowest BCUT2D eigenvalue weighted by Crippen LogP contribution is -2.51. The Morgan fingerprint density at radius 2 is 1.04 bits per heavy atom. The molecule has 2 unspecified atom stereocenters. The van der Waals surface area contributed by atoms with Gasteiger partial charge < -0.3 is 39.0 Å². The van der Waals surface area contributed by atoms with Crippen LogP contribution in [-0.4, -0.2) is 96.7 Å². The first kappa shape index (κ1) is 23.8. The fraction of sp³-hybridized carbons (Fsp3) is 0.895. The molecule has 0 aliphatic carbocycles. The zero-order valence-electron chi connectivity index (χ0n) is 16.8. The van der Waals surface area contributed by atoms with Crippen LogP contribution >= 0.6 is 0 Å². The van der Waals surface area contributed by atoms with E-state index in [1.165, 1.54) is 93.2 Å². The summed E-state index contributed by atoms with van der Waals surface area (Å²) in [6.07, 6.45) is 5.35. The highest BCUT2D eigenvalue weighted by molar-refractivity contribution is 5.80. The molecular formula is C19H36N2O6. The average Bonchev–Trinajstić information content (AvgIpc) is 3.23. The number of carboxylic acids is 2. The van der Waals surface area contributed by atoms with Gasteiger partial charge in [-0.15, -0.1) is 0 Å². The number of hydrogen-bond donors (Lipinski definition) is 2. The van der Waals surface area contributed by atoms with E-state index < -0.39 is 24.1 Å². The van der Waals surface area contributed by atoms with E-state index in [0.717, 1.165) is 0 Å². The van der Waals surface area contributed by atoms with Gasteiger partial charge >= 0.3 is 0 Å². The van der Waals surface area contributed by atoms with E-state index in [9.17, 15) is 19.8 Å². The van der Waals surface area contributed by atoms with Crippen LogP contribution in [0.4, 0.5) is 0 Å². The molecule has 8 heteroatoms. The molecular weight excluding hydrogens is 352 g/mol. The smallest absolute Gasteiger partial charge is 0.124 e. The molecule has 2 N–H and O–H groups in total. The molecule has 8 nitrogen and oxygen atoms in total. The first-order chi connectivity index (χ1) is 12.6. The van der Waals surface area contributed by atoms with Crippen molar-refractivity contribution in [2.24, 2.45) is 0 Å². The third-order valence-electron chi connectivity index (χ3n) is 5.97. The van der Waals surface area contributed by atoms with E-state index >= 15 is 0 Å². The minimum absolute atomic E-state index is 1.37. The number of carboxylic acid groups (broad SMARTS) is 2. The van der Waals surface area contributed by atoms with Crippen molar-refractivity contribution in [1.29, 1.82) is 0 Å². The van der Waals surface area contributed by atoms with E-state index in [1.807, 2.05) is 0 Å². The minimum atomic E-state index is -2.44. The summed E-state index contributed by atoms with van der Waals surface area (Å²) >= 11 is 0. The summed E-state index contributed by atoms with van der Waals surface area (Å²) in [5, 5.41) is 35.7. The van der Waals surface area contributed by atoms with Crippen LogP contribution in [0.5, 0.6) is 0 Å². The number of rotatable bonds is 9. The molecule has 2 rings (SSSR count). The van der Waals surface area contributed by atoms with Gasteiger partial charge in [-0.1, -0.05) is 0 Å². The molecule has 2 heterocycles. The van der Waals surface area contributed by atoms with Crippen LogP contribution in [0.15, 0.2) is 0 Å². The van der Waals surface area contributed by atoms with E-state index in [1.54, 1.807) is 0 Å². The van der Waals surface area contributed by atoms with Gasteiger partial charge in [0.25, 0.3) is 0 Å². The van der Waals surface area contributed by atoms with Crippen molar-refractivity contribution in [3.63, 3.8) is 0 Å². The zero-order chi connectivity index (χ0) is 20.5. The number of unbranched alkanes of at least 4 members (excludes halogenated alkanes) is 2. The van der Waals surface area contributed by atoms with Crippen LogP contribution in [0.3, 0.4) is 0 Å². The largest absolute Gasteiger partial charge is 0.547 e. The van der Waals surface area contributed by atoms with Crippen molar-refractivity contribution < 1.29 is 39.0 Å². The first-order valence-corrected chi connectivity index (χ1v) is 10.0. The second-order valence-electron chi connectivity index (χ2n) is 8.58. The van der Waals surface area contributed by atoms with Gasteiger partial charge in [-0.3, -0.25) is 0 Å². The lowest BCUT2D eigenvalue weighted by atomic mass is 10.2. The predicted octanol–water partition coefficient (Wildman–Crippen LogP) is -2.15. The van der Waals surface area contributed by atoms with Crippen molar-refractivity contribution in [2.45, 2.75) is 57.2 Å². The molecule has 0 aromatic rings. The SMILES string of the molecule is C[N+]1(CCCCC[N+]2(C)CCCC2)CCCC1.O=C([O-])C(O)C(O)C(=O)[O-]. The Morgan fingerprint density at radius 3 is 1.30 bits per heavy atom. The molecule has 2 aliphatic heterocycles. The molecule has 0 radical (unpaired) electrons. The van der Waals surface area contributed by atoms with Crippen LogP contribution in [-0.2, 0) is 9.59 Å². The molecule has 27 heavy (non-hydrogen) atoms. The second-order valence-corrected chi connectivity index (χ2v) is 8.58. The van der Waals surface area contributed by atoms with E-state index in [4.69, 9.17) is 10.2 Å². The van der Waals surface area contributed by atoms with Crippen molar-refractivity contribution in [3.8, 4) is 0 Å². The number of aliphatic hydroxyl groups excluding tert-OH is 2. The van der Waals surface area contributed by atoms with Gasteiger partial charge in [-0.05, 0) is 19.3 Å². The van der Waals surface area contributed by atoms with Gasteiger partial charge in [0.05, 0.1) is 65.3 Å². The van der Waals surface area contributed by atoms with Gasteiger partial charge in [0, 0.05) is 25.7 Å². The molecule has 0 amide bonds. The predicted molar refractivity (Wildman–Crippen MR) is 95.9 cm³/mol. The molecule has 2 atom stereocenters. The van der Waals surface area contributed by atoms with Crippen LogP contribution in [0, 0.1) is 0 Å². The van der Waals surface area contributed by atoms with Crippen LogP contribution < -0.4 is 10.2 Å². The Balaban J connectivity index is 0.000000314. The van der Waals surface area contributed by atoms with Crippen LogP contribution in [0.2, 0.25) is 0 Å². The fourth-order valence-electron chi connectivity index (χ4n) is 4.07. The summed E-state index contributed by atoms with van der Waals surface area (Å²) in [6.45, 7) is 8.62. The van der Waals surface area contributed by atoms with Crippen molar-refractivity contribution in [3.05, 3.63) is 0 Å². The number of aliphatic carboxylic acids is 2. The van der Waals surface area contributed by atoms with Crippen molar-refractivity contribution in [1.82, 2.24) is 0 Å². The third kappa shape index (κ3) is 8.55. The molecule has 2 saturated heterocycles. The fourth-order valence-corrected chi connectivity index (χ4v) is 4.07. The summed E-state index contributed by atoms with van der Waals surface area (Å²) in [5.41, 5.74) is 0. The quantitative estimate of drug-likeness (QED) is 0.343. The van der Waals surface area contributed by atoms with E-state index in [-0.39, 0.29) is 0 Å². The summed E-state index contributed by atoms with van der Waals surface area (Å²) in [7, 11) is 4.92. The number of likely N-dealkylation sites (tertiary alicyclic amines) is 2. The molecule has 0 aromatic carbocycles. The zero-order valence-corrected chi connectivity index (χ0v) is 16.8. The highest BCUT2D eigenvalue weighted by atomic mass is 16.4. The lowest BCUT2D eigenvalue weighted by Gasteiger charge is -2.30. The van der Waals surface area contributed by atoms with Crippen LogP contribution in [0.25, 0.3) is 0 Å². The summed E-state index contributed by atoms with van der Waals surface area (Å²) in [4.78, 5) is 19.3. The number of hydrogen-bond acceptors (Lipinski definition) is 6. The molecule has 0 aromatic heterocycles. The lowest BCUT2D eigenvalue weighted by molar-refractivity contribution is -0.899.